The smallest absolute Gasteiger partial charge is 0.257 e. The number of aromatic nitrogens is 1. The summed E-state index contributed by atoms with van der Waals surface area (Å²) in [6.45, 7) is 4.85. The van der Waals surface area contributed by atoms with E-state index < -0.39 is 0 Å². The van der Waals surface area contributed by atoms with Gasteiger partial charge >= 0.3 is 0 Å². The molecular formula is C22H23N3O. The van der Waals surface area contributed by atoms with Crippen molar-refractivity contribution in [2.75, 3.05) is 10.6 Å². The number of pyridine rings is 1. The molecule has 0 aliphatic rings. The lowest BCUT2D eigenvalue weighted by Gasteiger charge is -2.11. The molecule has 4 nitrogen and oxygen atoms in total. The zero-order valence-electron chi connectivity index (χ0n) is 15.1. The van der Waals surface area contributed by atoms with Crippen LogP contribution in [-0.2, 0) is 13.0 Å². The van der Waals surface area contributed by atoms with Gasteiger partial charge in [-0.25, -0.2) is 0 Å². The first-order chi connectivity index (χ1) is 12.7. The first-order valence-electron chi connectivity index (χ1n) is 8.80. The van der Waals surface area contributed by atoms with Crippen LogP contribution in [0.5, 0.6) is 0 Å². The number of aryl methyl sites for hydroxylation is 2. The Balaban J connectivity index is 1.70. The molecule has 0 bridgehead atoms. The van der Waals surface area contributed by atoms with Crippen LogP contribution in [-0.4, -0.2) is 10.9 Å². The fourth-order valence-electron chi connectivity index (χ4n) is 2.81. The highest BCUT2D eigenvalue weighted by atomic mass is 16.1. The average Bonchev–Trinajstić information content (AvgIpc) is 2.68. The highest BCUT2D eigenvalue weighted by Crippen LogP contribution is 2.18. The van der Waals surface area contributed by atoms with Crippen molar-refractivity contribution in [2.24, 2.45) is 0 Å². The number of benzene rings is 2. The molecule has 0 aliphatic heterocycles. The molecule has 2 aromatic carbocycles. The Morgan fingerprint density at radius 3 is 2.50 bits per heavy atom. The van der Waals surface area contributed by atoms with E-state index in [0.29, 0.717) is 12.1 Å². The number of carbonyl (C=O) groups is 1. The number of hydrogen-bond donors (Lipinski definition) is 2. The molecule has 1 amide bonds. The molecule has 0 unspecified atom stereocenters. The monoisotopic (exact) mass is 345 g/mol. The summed E-state index contributed by atoms with van der Waals surface area (Å²) in [5.41, 5.74) is 5.77. The van der Waals surface area contributed by atoms with Crippen molar-refractivity contribution in [3.05, 3.63) is 89.2 Å². The van der Waals surface area contributed by atoms with Crippen LogP contribution in [0.4, 0.5) is 11.4 Å². The molecule has 3 aromatic rings. The van der Waals surface area contributed by atoms with Gasteiger partial charge in [0, 0.05) is 24.6 Å². The van der Waals surface area contributed by atoms with Crippen LogP contribution >= 0.6 is 0 Å². The fourth-order valence-corrected chi connectivity index (χ4v) is 2.81. The third-order valence-corrected chi connectivity index (χ3v) is 4.39. The third-order valence-electron chi connectivity index (χ3n) is 4.39. The highest BCUT2D eigenvalue weighted by molar-refractivity contribution is 6.04. The highest BCUT2D eigenvalue weighted by Gasteiger charge is 2.09. The van der Waals surface area contributed by atoms with E-state index in [1.807, 2.05) is 42.5 Å². The Hall–Kier alpha value is -3.14. The summed E-state index contributed by atoms with van der Waals surface area (Å²) in [5, 5.41) is 6.32. The summed E-state index contributed by atoms with van der Waals surface area (Å²) in [6, 6.07) is 17.9. The van der Waals surface area contributed by atoms with Gasteiger partial charge in [-0.05, 0) is 42.2 Å². The van der Waals surface area contributed by atoms with Gasteiger partial charge in [0.05, 0.1) is 11.3 Å². The van der Waals surface area contributed by atoms with Gasteiger partial charge < -0.3 is 10.6 Å². The quantitative estimate of drug-likeness (QED) is 0.673. The summed E-state index contributed by atoms with van der Waals surface area (Å²) in [4.78, 5) is 16.8. The molecule has 2 N–H and O–H groups in total. The van der Waals surface area contributed by atoms with Gasteiger partial charge in [-0.15, -0.1) is 0 Å². The predicted molar refractivity (Wildman–Crippen MR) is 107 cm³/mol. The minimum atomic E-state index is -0.155. The van der Waals surface area contributed by atoms with E-state index in [1.54, 1.807) is 12.4 Å². The second-order valence-corrected chi connectivity index (χ2v) is 6.21. The van der Waals surface area contributed by atoms with Gasteiger partial charge in [0.15, 0.2) is 0 Å². The Morgan fingerprint density at radius 1 is 1.00 bits per heavy atom. The van der Waals surface area contributed by atoms with Crippen LogP contribution in [0.2, 0.25) is 0 Å². The molecule has 0 fully saturated rings. The van der Waals surface area contributed by atoms with Crippen LogP contribution in [0.15, 0.2) is 67.0 Å². The number of carbonyl (C=O) groups excluding carboxylic acids is 1. The van der Waals surface area contributed by atoms with E-state index in [2.05, 4.69) is 41.6 Å². The number of amides is 1. The Kier molecular flexibility index (Phi) is 5.64. The summed E-state index contributed by atoms with van der Waals surface area (Å²) < 4.78 is 0. The van der Waals surface area contributed by atoms with Gasteiger partial charge in [0.25, 0.3) is 5.91 Å². The first-order valence-corrected chi connectivity index (χ1v) is 8.80. The lowest BCUT2D eigenvalue weighted by atomic mass is 10.1. The molecule has 0 radical (unpaired) electrons. The van der Waals surface area contributed by atoms with Gasteiger partial charge in [0.1, 0.15) is 0 Å². The van der Waals surface area contributed by atoms with E-state index in [9.17, 15) is 4.79 Å². The number of anilines is 2. The third kappa shape index (κ3) is 4.28. The number of para-hydroxylation sites is 1. The SMILES string of the molecule is CCc1ccccc1NC(=O)c1cncc(NCc2ccccc2C)c1. The zero-order valence-corrected chi connectivity index (χ0v) is 15.1. The van der Waals surface area contributed by atoms with Gasteiger partial charge in [-0.3, -0.25) is 9.78 Å². The second-order valence-electron chi connectivity index (χ2n) is 6.21. The Morgan fingerprint density at radius 2 is 1.73 bits per heavy atom. The first kappa shape index (κ1) is 17.7. The standard InChI is InChI=1S/C22H23N3O/c1-3-17-9-6-7-11-21(17)25-22(26)19-12-20(15-23-13-19)24-14-18-10-5-4-8-16(18)2/h4-13,15,24H,3,14H2,1-2H3,(H,25,26). The number of nitrogens with one attached hydrogen (secondary N) is 2. The molecule has 0 saturated carbocycles. The van der Waals surface area contributed by atoms with Crippen LogP contribution in [0.25, 0.3) is 0 Å². The van der Waals surface area contributed by atoms with Crippen LogP contribution < -0.4 is 10.6 Å². The second kappa shape index (κ2) is 8.30. The maximum absolute atomic E-state index is 12.6. The van der Waals surface area contributed by atoms with Crippen LogP contribution in [0.1, 0.15) is 34.0 Å². The number of hydrogen-bond acceptors (Lipinski definition) is 3. The lowest BCUT2D eigenvalue weighted by molar-refractivity contribution is 0.102. The lowest BCUT2D eigenvalue weighted by Crippen LogP contribution is -2.14. The molecular weight excluding hydrogens is 322 g/mol. The minimum absolute atomic E-state index is 0.155. The molecule has 0 atom stereocenters. The molecule has 1 aromatic heterocycles. The van der Waals surface area contributed by atoms with Crippen molar-refractivity contribution < 1.29 is 4.79 Å². The largest absolute Gasteiger partial charge is 0.380 e. The molecule has 0 aliphatic carbocycles. The van der Waals surface area contributed by atoms with E-state index in [0.717, 1.165) is 23.4 Å². The van der Waals surface area contributed by atoms with Crippen molar-refractivity contribution >= 4 is 17.3 Å². The van der Waals surface area contributed by atoms with Crippen molar-refractivity contribution in [3.8, 4) is 0 Å². The summed E-state index contributed by atoms with van der Waals surface area (Å²) in [6.07, 6.45) is 4.19. The molecule has 1 heterocycles. The van der Waals surface area contributed by atoms with Crippen LogP contribution in [0.3, 0.4) is 0 Å². The molecule has 3 rings (SSSR count). The van der Waals surface area contributed by atoms with E-state index in [1.165, 1.54) is 11.1 Å². The summed E-state index contributed by atoms with van der Waals surface area (Å²) >= 11 is 0. The van der Waals surface area contributed by atoms with Crippen molar-refractivity contribution in [3.63, 3.8) is 0 Å². The average molecular weight is 345 g/mol. The van der Waals surface area contributed by atoms with E-state index in [-0.39, 0.29) is 5.91 Å². The zero-order chi connectivity index (χ0) is 18.4. The Bertz CT molecular complexity index is 905. The van der Waals surface area contributed by atoms with Crippen molar-refractivity contribution in [1.29, 1.82) is 0 Å². The summed E-state index contributed by atoms with van der Waals surface area (Å²) in [7, 11) is 0. The van der Waals surface area contributed by atoms with E-state index >= 15 is 0 Å². The maximum atomic E-state index is 12.6. The fraction of sp³-hybridized carbons (Fsp3) is 0.182. The van der Waals surface area contributed by atoms with E-state index in [4.69, 9.17) is 0 Å². The normalized spacial score (nSPS) is 10.4. The topological polar surface area (TPSA) is 54.0 Å². The molecule has 26 heavy (non-hydrogen) atoms. The molecule has 0 spiro atoms. The van der Waals surface area contributed by atoms with Gasteiger partial charge in [-0.2, -0.15) is 0 Å². The number of nitrogens with zero attached hydrogens (tertiary/aromatic N) is 1. The maximum Gasteiger partial charge on any atom is 0.257 e. The van der Waals surface area contributed by atoms with Crippen LogP contribution in [0, 0.1) is 6.92 Å². The van der Waals surface area contributed by atoms with Crippen molar-refractivity contribution in [2.45, 2.75) is 26.8 Å². The minimum Gasteiger partial charge on any atom is -0.380 e. The number of rotatable bonds is 6. The van der Waals surface area contributed by atoms with Gasteiger partial charge in [-0.1, -0.05) is 49.4 Å². The molecule has 0 saturated heterocycles. The van der Waals surface area contributed by atoms with Crippen molar-refractivity contribution in [1.82, 2.24) is 4.98 Å². The molecule has 132 valence electrons. The summed E-state index contributed by atoms with van der Waals surface area (Å²) in [5.74, 6) is -0.155. The molecule has 4 heteroatoms. The predicted octanol–water partition coefficient (Wildman–Crippen LogP) is 4.82. The van der Waals surface area contributed by atoms with Gasteiger partial charge in [0.2, 0.25) is 0 Å². The Labute approximate surface area is 154 Å².